The predicted molar refractivity (Wildman–Crippen MR) is 103 cm³/mol. The van der Waals surface area contributed by atoms with Crippen LogP contribution in [0.15, 0.2) is 30.3 Å². The van der Waals surface area contributed by atoms with E-state index >= 15 is 0 Å². The topological polar surface area (TPSA) is 79.0 Å². The smallest absolute Gasteiger partial charge is 0.408 e. The molecule has 0 spiro atoms. The second-order valence-corrected chi connectivity index (χ2v) is 7.74. The Kier molecular flexibility index (Phi) is 6.82. The lowest BCUT2D eigenvalue weighted by Gasteiger charge is -2.27. The number of ether oxygens (including phenoxy) is 1. The zero-order valence-electron chi connectivity index (χ0n) is 16.5. The fraction of sp³-hybridized carbons (Fsp3) is 0.550. The number of rotatable bonds is 4. The van der Waals surface area contributed by atoms with Crippen LogP contribution in [0.3, 0.4) is 0 Å². The van der Waals surface area contributed by atoms with Gasteiger partial charge in [-0.25, -0.2) is 4.79 Å². The number of hydrogen-bond acceptors (Lipinski definition) is 4. The second-order valence-electron chi connectivity index (χ2n) is 7.74. The van der Waals surface area contributed by atoms with Gasteiger partial charge in [0.2, 0.25) is 11.8 Å². The van der Waals surface area contributed by atoms with E-state index in [0.717, 1.165) is 18.5 Å². The third kappa shape index (κ3) is 6.27. The number of anilines is 1. The highest BCUT2D eigenvalue weighted by Crippen LogP contribution is 2.16. The van der Waals surface area contributed by atoms with E-state index in [9.17, 15) is 14.4 Å². The summed E-state index contributed by atoms with van der Waals surface area (Å²) < 4.78 is 5.25. The largest absolute Gasteiger partial charge is 0.444 e. The van der Waals surface area contributed by atoms with Crippen molar-refractivity contribution in [3.05, 3.63) is 30.3 Å². The number of hydrogen-bond donors (Lipinski definition) is 1. The molecule has 0 bridgehead atoms. The van der Waals surface area contributed by atoms with Gasteiger partial charge in [0.1, 0.15) is 18.2 Å². The van der Waals surface area contributed by atoms with Gasteiger partial charge in [-0.05, 0) is 52.2 Å². The van der Waals surface area contributed by atoms with Crippen molar-refractivity contribution in [2.45, 2.75) is 51.7 Å². The standard InChI is InChI=1S/C20H29N3O4/c1-20(2,3)27-19(26)21-16-12-8-9-13-23(18(16)25)14-17(24)22(4)15-10-6-5-7-11-15/h5-7,10-11,16H,8-9,12-14H2,1-4H3,(H,21,26). The van der Waals surface area contributed by atoms with Gasteiger partial charge in [-0.1, -0.05) is 18.2 Å². The number of carbonyl (C=O) groups excluding carboxylic acids is 3. The summed E-state index contributed by atoms with van der Waals surface area (Å²) in [6, 6.07) is 8.61. The number of amides is 3. The average Bonchev–Trinajstić information content (AvgIpc) is 2.76. The Hall–Kier alpha value is -2.57. The molecule has 1 aliphatic heterocycles. The van der Waals surface area contributed by atoms with Crippen molar-refractivity contribution >= 4 is 23.6 Å². The Bertz CT molecular complexity index is 670. The number of nitrogens with one attached hydrogen (secondary N) is 1. The minimum Gasteiger partial charge on any atom is -0.444 e. The van der Waals surface area contributed by atoms with Crippen molar-refractivity contribution in [3.63, 3.8) is 0 Å². The Morgan fingerprint density at radius 3 is 2.52 bits per heavy atom. The first kappa shape index (κ1) is 20.7. The van der Waals surface area contributed by atoms with E-state index in [1.54, 1.807) is 27.8 Å². The molecule has 1 aromatic rings. The monoisotopic (exact) mass is 375 g/mol. The summed E-state index contributed by atoms with van der Waals surface area (Å²) in [5, 5.41) is 2.65. The highest BCUT2D eigenvalue weighted by atomic mass is 16.6. The van der Waals surface area contributed by atoms with Gasteiger partial charge in [0.05, 0.1) is 0 Å². The predicted octanol–water partition coefficient (Wildman–Crippen LogP) is 2.56. The number of para-hydroxylation sites is 1. The molecular formula is C20H29N3O4. The van der Waals surface area contributed by atoms with Crippen LogP contribution in [0, 0.1) is 0 Å². The number of likely N-dealkylation sites (tertiary alicyclic amines) is 1. The van der Waals surface area contributed by atoms with Crippen LogP contribution in [-0.2, 0) is 14.3 Å². The van der Waals surface area contributed by atoms with Crippen LogP contribution < -0.4 is 10.2 Å². The summed E-state index contributed by atoms with van der Waals surface area (Å²) in [7, 11) is 1.69. The third-order valence-electron chi connectivity index (χ3n) is 4.32. The van der Waals surface area contributed by atoms with Crippen LogP contribution in [0.2, 0.25) is 0 Å². The van der Waals surface area contributed by atoms with E-state index in [-0.39, 0.29) is 18.4 Å². The summed E-state index contributed by atoms with van der Waals surface area (Å²) in [5.41, 5.74) is 0.138. The van der Waals surface area contributed by atoms with Crippen molar-refractivity contribution in [3.8, 4) is 0 Å². The van der Waals surface area contributed by atoms with Gasteiger partial charge >= 0.3 is 6.09 Å². The summed E-state index contributed by atoms with van der Waals surface area (Å²) in [6.07, 6.45) is 1.51. The molecule has 1 aliphatic rings. The first-order valence-electron chi connectivity index (χ1n) is 9.27. The fourth-order valence-electron chi connectivity index (χ4n) is 2.91. The van der Waals surface area contributed by atoms with Gasteiger partial charge in [-0.2, -0.15) is 0 Å². The van der Waals surface area contributed by atoms with Gasteiger partial charge in [0, 0.05) is 19.3 Å². The molecule has 0 aliphatic carbocycles. The van der Waals surface area contributed by atoms with Crippen LogP contribution in [-0.4, -0.2) is 54.6 Å². The van der Waals surface area contributed by atoms with Crippen molar-refractivity contribution in [2.24, 2.45) is 0 Å². The minimum absolute atomic E-state index is 0.0171. The first-order valence-corrected chi connectivity index (χ1v) is 9.27. The van der Waals surface area contributed by atoms with Crippen molar-refractivity contribution in [1.29, 1.82) is 0 Å². The summed E-state index contributed by atoms with van der Waals surface area (Å²) in [4.78, 5) is 40.5. The Labute approximate surface area is 160 Å². The summed E-state index contributed by atoms with van der Waals surface area (Å²) >= 11 is 0. The number of alkyl carbamates (subject to hydrolysis) is 1. The zero-order chi connectivity index (χ0) is 20.0. The molecule has 1 atom stereocenters. The van der Waals surface area contributed by atoms with Gasteiger partial charge < -0.3 is 19.9 Å². The number of carbonyl (C=O) groups is 3. The van der Waals surface area contributed by atoms with Crippen molar-refractivity contribution in [2.75, 3.05) is 25.0 Å². The normalized spacial score (nSPS) is 17.9. The molecule has 1 aromatic carbocycles. The third-order valence-corrected chi connectivity index (χ3v) is 4.32. The molecule has 7 nitrogen and oxygen atoms in total. The highest BCUT2D eigenvalue weighted by Gasteiger charge is 2.31. The Balaban J connectivity index is 2.00. The van der Waals surface area contributed by atoms with Crippen LogP contribution in [0.1, 0.15) is 40.0 Å². The molecule has 2 rings (SSSR count). The van der Waals surface area contributed by atoms with Crippen LogP contribution in [0.4, 0.5) is 10.5 Å². The molecule has 3 amide bonds. The second kappa shape index (κ2) is 8.88. The molecule has 1 fully saturated rings. The van der Waals surface area contributed by atoms with Crippen LogP contribution in [0.25, 0.3) is 0 Å². The molecular weight excluding hydrogens is 346 g/mol. The lowest BCUT2D eigenvalue weighted by molar-refractivity contribution is -0.136. The van der Waals surface area contributed by atoms with E-state index in [1.165, 1.54) is 9.80 Å². The first-order chi connectivity index (χ1) is 12.7. The molecule has 0 radical (unpaired) electrons. The Morgan fingerprint density at radius 1 is 1.22 bits per heavy atom. The molecule has 0 saturated carbocycles. The van der Waals surface area contributed by atoms with E-state index in [0.29, 0.717) is 13.0 Å². The van der Waals surface area contributed by atoms with E-state index in [1.807, 2.05) is 30.3 Å². The highest BCUT2D eigenvalue weighted by molar-refractivity contribution is 5.97. The zero-order valence-corrected chi connectivity index (χ0v) is 16.5. The van der Waals surface area contributed by atoms with Gasteiger partial charge in [0.25, 0.3) is 0 Å². The molecule has 27 heavy (non-hydrogen) atoms. The van der Waals surface area contributed by atoms with Gasteiger partial charge in [-0.3, -0.25) is 9.59 Å². The van der Waals surface area contributed by atoms with Gasteiger partial charge in [0.15, 0.2) is 0 Å². The van der Waals surface area contributed by atoms with Crippen molar-refractivity contribution in [1.82, 2.24) is 10.2 Å². The van der Waals surface area contributed by atoms with E-state index < -0.39 is 17.7 Å². The Morgan fingerprint density at radius 2 is 1.89 bits per heavy atom. The average molecular weight is 375 g/mol. The molecule has 1 saturated heterocycles. The SMILES string of the molecule is CN(C(=O)CN1CCCCC(NC(=O)OC(C)(C)C)C1=O)c1ccccc1. The number of nitrogens with zero attached hydrogens (tertiary/aromatic N) is 2. The molecule has 148 valence electrons. The maximum Gasteiger partial charge on any atom is 0.408 e. The van der Waals surface area contributed by atoms with Crippen molar-refractivity contribution < 1.29 is 19.1 Å². The lowest BCUT2D eigenvalue weighted by Crippen LogP contribution is -2.51. The lowest BCUT2D eigenvalue weighted by atomic mass is 10.1. The quantitative estimate of drug-likeness (QED) is 0.877. The maximum atomic E-state index is 12.8. The van der Waals surface area contributed by atoms with E-state index in [2.05, 4.69) is 5.32 Å². The fourth-order valence-corrected chi connectivity index (χ4v) is 2.91. The molecule has 0 aromatic heterocycles. The molecule has 1 unspecified atom stereocenters. The number of benzene rings is 1. The maximum absolute atomic E-state index is 12.8. The molecule has 1 N–H and O–H groups in total. The van der Waals surface area contributed by atoms with Crippen LogP contribution in [0.5, 0.6) is 0 Å². The molecule has 7 heteroatoms. The molecule has 1 heterocycles. The van der Waals surface area contributed by atoms with Crippen LogP contribution >= 0.6 is 0 Å². The number of likely N-dealkylation sites (N-methyl/N-ethyl adjacent to an activating group) is 1. The summed E-state index contributed by atoms with van der Waals surface area (Å²) in [6.45, 7) is 5.79. The van der Waals surface area contributed by atoms with E-state index in [4.69, 9.17) is 4.74 Å². The van der Waals surface area contributed by atoms with Gasteiger partial charge in [-0.15, -0.1) is 0 Å². The summed E-state index contributed by atoms with van der Waals surface area (Å²) in [5.74, 6) is -0.416. The minimum atomic E-state index is -0.669.